The van der Waals surface area contributed by atoms with Gasteiger partial charge in [0.25, 0.3) is 5.91 Å². The van der Waals surface area contributed by atoms with Crippen LogP contribution in [0, 0.1) is 5.92 Å². The first-order valence-electron chi connectivity index (χ1n) is 5.08. The number of H-pyrrole nitrogens is 1. The van der Waals surface area contributed by atoms with Crippen molar-refractivity contribution < 1.29 is 9.53 Å². The molecule has 6 nitrogen and oxygen atoms in total. The molecule has 1 unspecified atom stereocenters. The molecular formula is C9H14N4O2. The smallest absolute Gasteiger partial charge is 0.273 e. The van der Waals surface area contributed by atoms with Crippen molar-refractivity contribution in [1.29, 1.82) is 0 Å². The molecule has 1 aromatic rings. The van der Waals surface area contributed by atoms with E-state index >= 15 is 0 Å². The summed E-state index contributed by atoms with van der Waals surface area (Å²) < 4.78 is 5.32. The molecule has 2 heterocycles. The van der Waals surface area contributed by atoms with Gasteiger partial charge < -0.3 is 10.1 Å². The third kappa shape index (κ3) is 2.76. The summed E-state index contributed by atoms with van der Waals surface area (Å²) in [5.74, 6) is 0.240. The minimum atomic E-state index is -0.186. The first-order chi connectivity index (χ1) is 7.36. The Bertz CT molecular complexity index is 306. The average molecular weight is 210 g/mol. The van der Waals surface area contributed by atoms with Gasteiger partial charge in [0.05, 0.1) is 12.8 Å². The Kier molecular flexibility index (Phi) is 3.29. The van der Waals surface area contributed by atoms with E-state index in [2.05, 4.69) is 20.7 Å². The van der Waals surface area contributed by atoms with Gasteiger partial charge in [-0.25, -0.2) is 0 Å². The number of ether oxygens (including phenoxy) is 1. The summed E-state index contributed by atoms with van der Waals surface area (Å²) in [6, 6.07) is 0. The number of carbonyl (C=O) groups is 1. The zero-order valence-corrected chi connectivity index (χ0v) is 8.40. The molecule has 1 aliphatic rings. The monoisotopic (exact) mass is 210 g/mol. The molecule has 1 aromatic heterocycles. The second kappa shape index (κ2) is 4.88. The molecule has 1 fully saturated rings. The van der Waals surface area contributed by atoms with Crippen molar-refractivity contribution in [2.24, 2.45) is 5.92 Å². The van der Waals surface area contributed by atoms with Crippen LogP contribution in [0.1, 0.15) is 23.3 Å². The number of hydrogen-bond acceptors (Lipinski definition) is 4. The lowest BCUT2D eigenvalue weighted by Gasteiger charge is -2.21. The standard InChI is InChI=1S/C9H14N4O2/c14-9(8-5-11-13-12-8)10-4-7-2-1-3-15-6-7/h5,7H,1-4,6H2,(H,10,14)(H,11,12,13). The van der Waals surface area contributed by atoms with Gasteiger partial charge >= 0.3 is 0 Å². The van der Waals surface area contributed by atoms with Crippen LogP contribution in [0.25, 0.3) is 0 Å². The van der Waals surface area contributed by atoms with E-state index in [1.165, 1.54) is 6.20 Å². The van der Waals surface area contributed by atoms with E-state index in [0.717, 1.165) is 26.1 Å². The van der Waals surface area contributed by atoms with Crippen LogP contribution in [0.15, 0.2) is 6.20 Å². The lowest BCUT2D eigenvalue weighted by Crippen LogP contribution is -2.33. The van der Waals surface area contributed by atoms with Gasteiger partial charge in [-0.2, -0.15) is 15.4 Å². The summed E-state index contributed by atoms with van der Waals surface area (Å²) in [7, 11) is 0. The Morgan fingerprint density at radius 2 is 2.67 bits per heavy atom. The van der Waals surface area contributed by atoms with Crippen LogP contribution in [0.2, 0.25) is 0 Å². The van der Waals surface area contributed by atoms with E-state index in [-0.39, 0.29) is 5.91 Å². The highest BCUT2D eigenvalue weighted by Gasteiger charge is 2.15. The van der Waals surface area contributed by atoms with E-state index in [4.69, 9.17) is 4.74 Å². The van der Waals surface area contributed by atoms with Crippen LogP contribution in [0.4, 0.5) is 0 Å². The quantitative estimate of drug-likeness (QED) is 0.733. The number of aromatic amines is 1. The fourth-order valence-electron chi connectivity index (χ4n) is 1.61. The van der Waals surface area contributed by atoms with Crippen molar-refractivity contribution in [3.05, 3.63) is 11.9 Å². The van der Waals surface area contributed by atoms with Crippen LogP contribution in [-0.2, 0) is 4.74 Å². The van der Waals surface area contributed by atoms with E-state index in [1.807, 2.05) is 0 Å². The lowest BCUT2D eigenvalue weighted by atomic mass is 10.0. The molecule has 82 valence electrons. The normalized spacial score (nSPS) is 21.2. The van der Waals surface area contributed by atoms with Crippen LogP contribution in [0.5, 0.6) is 0 Å². The molecule has 2 N–H and O–H groups in total. The number of aromatic nitrogens is 3. The molecule has 0 aliphatic carbocycles. The number of nitrogens with zero attached hydrogens (tertiary/aromatic N) is 2. The van der Waals surface area contributed by atoms with Crippen molar-refractivity contribution >= 4 is 5.91 Å². The maximum absolute atomic E-state index is 11.5. The minimum absolute atomic E-state index is 0.186. The SMILES string of the molecule is O=C(NCC1CCCOC1)c1cn[nH]n1. The van der Waals surface area contributed by atoms with Crippen LogP contribution >= 0.6 is 0 Å². The predicted molar refractivity (Wildman–Crippen MR) is 52.3 cm³/mol. The maximum atomic E-state index is 11.5. The molecule has 1 atom stereocenters. The van der Waals surface area contributed by atoms with Gasteiger partial charge in [0, 0.05) is 13.2 Å². The highest BCUT2D eigenvalue weighted by molar-refractivity contribution is 5.91. The highest BCUT2D eigenvalue weighted by atomic mass is 16.5. The summed E-state index contributed by atoms with van der Waals surface area (Å²) in [6.07, 6.45) is 3.59. The second-order valence-electron chi connectivity index (χ2n) is 3.65. The van der Waals surface area contributed by atoms with E-state index in [0.29, 0.717) is 18.2 Å². The number of nitrogens with one attached hydrogen (secondary N) is 2. The summed E-state index contributed by atoms with van der Waals surface area (Å²) in [5, 5.41) is 12.5. The van der Waals surface area contributed by atoms with Gasteiger partial charge in [-0.15, -0.1) is 0 Å². The average Bonchev–Trinajstić information content (AvgIpc) is 2.81. The minimum Gasteiger partial charge on any atom is -0.381 e. The molecule has 1 amide bonds. The van der Waals surface area contributed by atoms with Crippen molar-refractivity contribution in [1.82, 2.24) is 20.7 Å². The first-order valence-corrected chi connectivity index (χ1v) is 5.08. The fraction of sp³-hybridized carbons (Fsp3) is 0.667. The van der Waals surface area contributed by atoms with Gasteiger partial charge in [-0.3, -0.25) is 4.79 Å². The fourth-order valence-corrected chi connectivity index (χ4v) is 1.61. The summed E-state index contributed by atoms with van der Waals surface area (Å²) in [4.78, 5) is 11.5. The Morgan fingerprint density at radius 1 is 1.73 bits per heavy atom. The number of hydrogen-bond donors (Lipinski definition) is 2. The van der Waals surface area contributed by atoms with Gasteiger partial charge in [0.15, 0.2) is 5.69 Å². The van der Waals surface area contributed by atoms with Gasteiger partial charge in [-0.05, 0) is 18.8 Å². The van der Waals surface area contributed by atoms with Gasteiger partial charge in [0.2, 0.25) is 0 Å². The summed E-state index contributed by atoms with van der Waals surface area (Å²) >= 11 is 0. The van der Waals surface area contributed by atoms with Crippen molar-refractivity contribution in [3.63, 3.8) is 0 Å². The summed E-state index contributed by atoms with van der Waals surface area (Å²) in [6.45, 7) is 2.22. The first kappa shape index (κ1) is 10.1. The van der Waals surface area contributed by atoms with Crippen LogP contribution < -0.4 is 5.32 Å². The highest BCUT2D eigenvalue weighted by Crippen LogP contribution is 2.12. The van der Waals surface area contributed by atoms with Crippen molar-refractivity contribution in [2.75, 3.05) is 19.8 Å². The van der Waals surface area contributed by atoms with Crippen LogP contribution in [-0.4, -0.2) is 41.1 Å². The van der Waals surface area contributed by atoms with Gasteiger partial charge in [-0.1, -0.05) is 0 Å². The summed E-state index contributed by atoms with van der Waals surface area (Å²) in [5.41, 5.74) is 0.326. The molecule has 0 bridgehead atoms. The molecule has 1 aliphatic heterocycles. The Labute approximate surface area is 87.4 Å². The van der Waals surface area contributed by atoms with E-state index < -0.39 is 0 Å². The van der Waals surface area contributed by atoms with Crippen molar-refractivity contribution in [3.8, 4) is 0 Å². The molecule has 0 saturated carbocycles. The largest absolute Gasteiger partial charge is 0.381 e. The Balaban J connectivity index is 1.75. The number of carbonyl (C=O) groups excluding carboxylic acids is 1. The molecule has 0 aromatic carbocycles. The zero-order valence-electron chi connectivity index (χ0n) is 8.40. The molecule has 15 heavy (non-hydrogen) atoms. The zero-order chi connectivity index (χ0) is 10.5. The molecule has 2 rings (SSSR count). The molecule has 0 radical (unpaired) electrons. The number of rotatable bonds is 3. The number of amides is 1. The Hall–Kier alpha value is -1.43. The third-order valence-electron chi connectivity index (χ3n) is 2.45. The van der Waals surface area contributed by atoms with Gasteiger partial charge in [0.1, 0.15) is 0 Å². The lowest BCUT2D eigenvalue weighted by molar-refractivity contribution is 0.0535. The predicted octanol–water partition coefficient (Wildman–Crippen LogP) is -0.0389. The molecule has 0 spiro atoms. The molecular weight excluding hydrogens is 196 g/mol. The van der Waals surface area contributed by atoms with E-state index in [1.54, 1.807) is 0 Å². The molecule has 1 saturated heterocycles. The topological polar surface area (TPSA) is 79.9 Å². The second-order valence-corrected chi connectivity index (χ2v) is 3.65. The Morgan fingerprint density at radius 3 is 3.33 bits per heavy atom. The molecule has 6 heteroatoms. The van der Waals surface area contributed by atoms with Crippen LogP contribution in [0.3, 0.4) is 0 Å². The third-order valence-corrected chi connectivity index (χ3v) is 2.45. The van der Waals surface area contributed by atoms with E-state index in [9.17, 15) is 4.79 Å². The van der Waals surface area contributed by atoms with Crippen molar-refractivity contribution in [2.45, 2.75) is 12.8 Å². The maximum Gasteiger partial charge on any atom is 0.273 e.